The second kappa shape index (κ2) is 4.48. The van der Waals surface area contributed by atoms with E-state index in [9.17, 15) is 4.79 Å². The van der Waals surface area contributed by atoms with Crippen LogP contribution in [-0.4, -0.2) is 5.91 Å². The summed E-state index contributed by atoms with van der Waals surface area (Å²) >= 11 is 0. The lowest BCUT2D eigenvalue weighted by atomic mass is 9.71. The molecule has 0 radical (unpaired) electrons. The molecule has 0 aliphatic rings. The molecule has 0 fully saturated rings. The van der Waals surface area contributed by atoms with E-state index >= 15 is 0 Å². The van der Waals surface area contributed by atoms with Crippen LogP contribution in [0.2, 0.25) is 0 Å². The van der Waals surface area contributed by atoms with Gasteiger partial charge in [-0.25, -0.2) is 0 Å². The smallest absolute Gasteiger partial charge is 0.221 e. The Morgan fingerprint density at radius 3 is 1.83 bits per heavy atom. The van der Waals surface area contributed by atoms with Crippen LogP contribution >= 0.6 is 0 Å². The van der Waals surface area contributed by atoms with Gasteiger partial charge in [-0.2, -0.15) is 0 Å². The van der Waals surface area contributed by atoms with E-state index in [-0.39, 0.29) is 17.2 Å². The molecule has 0 heterocycles. The van der Waals surface area contributed by atoms with Crippen molar-refractivity contribution in [3.8, 4) is 0 Å². The molecule has 2 heteroatoms. The maximum absolute atomic E-state index is 11.1. The molecular weight excluding hydrogens is 150 g/mol. The first-order chi connectivity index (χ1) is 5.51. The van der Waals surface area contributed by atoms with Gasteiger partial charge in [0.2, 0.25) is 5.91 Å². The molecule has 1 atom stereocenters. The van der Waals surface area contributed by atoms with Crippen LogP contribution in [0.3, 0.4) is 0 Å². The molecule has 0 aromatic carbocycles. The van der Waals surface area contributed by atoms with Gasteiger partial charge in [0, 0.05) is 5.92 Å². The van der Waals surface area contributed by atoms with E-state index in [1.54, 1.807) is 0 Å². The Morgan fingerprint density at radius 1 is 1.33 bits per heavy atom. The fraction of sp³-hybridized carbons (Fsp3) is 0.900. The second-order valence-electron chi connectivity index (χ2n) is 3.72. The number of primary amides is 1. The Kier molecular flexibility index (Phi) is 4.29. The molecule has 0 aromatic rings. The van der Waals surface area contributed by atoms with Crippen LogP contribution in [0, 0.1) is 11.3 Å². The maximum Gasteiger partial charge on any atom is 0.221 e. The molecule has 0 spiro atoms. The van der Waals surface area contributed by atoms with Gasteiger partial charge in [0.15, 0.2) is 0 Å². The van der Waals surface area contributed by atoms with Crippen LogP contribution in [-0.2, 0) is 4.79 Å². The molecule has 1 unspecified atom stereocenters. The topological polar surface area (TPSA) is 43.1 Å². The number of rotatable bonds is 5. The van der Waals surface area contributed by atoms with Crippen molar-refractivity contribution >= 4 is 5.91 Å². The normalized spacial score (nSPS) is 14.3. The first kappa shape index (κ1) is 11.5. The minimum Gasteiger partial charge on any atom is -0.369 e. The molecule has 0 aliphatic carbocycles. The van der Waals surface area contributed by atoms with Crippen molar-refractivity contribution in [2.24, 2.45) is 17.1 Å². The maximum atomic E-state index is 11.1. The molecule has 2 N–H and O–H groups in total. The lowest BCUT2D eigenvalue weighted by Gasteiger charge is -2.33. The van der Waals surface area contributed by atoms with E-state index in [1.807, 2.05) is 6.92 Å². The standard InChI is InChI=1S/C10H21NO/c1-5-8(9(11)12)10(4,6-2)7-3/h8H,5-7H2,1-4H3,(H2,11,12). The lowest BCUT2D eigenvalue weighted by Crippen LogP contribution is -2.36. The molecule has 1 amide bonds. The highest BCUT2D eigenvalue weighted by molar-refractivity contribution is 5.77. The van der Waals surface area contributed by atoms with Gasteiger partial charge < -0.3 is 5.73 Å². The van der Waals surface area contributed by atoms with E-state index in [1.165, 1.54) is 0 Å². The Balaban J connectivity index is 4.54. The predicted molar refractivity (Wildman–Crippen MR) is 51.7 cm³/mol. The van der Waals surface area contributed by atoms with Crippen LogP contribution in [0.1, 0.15) is 47.0 Å². The highest BCUT2D eigenvalue weighted by Gasteiger charge is 2.33. The lowest BCUT2D eigenvalue weighted by molar-refractivity contribution is -0.126. The van der Waals surface area contributed by atoms with Gasteiger partial charge in [0.25, 0.3) is 0 Å². The summed E-state index contributed by atoms with van der Waals surface area (Å²) in [6.45, 7) is 8.41. The highest BCUT2D eigenvalue weighted by Crippen LogP contribution is 2.36. The third-order valence-electron chi connectivity index (χ3n) is 3.21. The van der Waals surface area contributed by atoms with E-state index < -0.39 is 0 Å². The summed E-state index contributed by atoms with van der Waals surface area (Å²) in [7, 11) is 0. The fourth-order valence-electron chi connectivity index (χ4n) is 1.78. The van der Waals surface area contributed by atoms with Crippen LogP contribution in [0.4, 0.5) is 0 Å². The summed E-state index contributed by atoms with van der Waals surface area (Å²) in [5, 5.41) is 0. The molecule has 0 aliphatic heterocycles. The van der Waals surface area contributed by atoms with E-state index in [2.05, 4.69) is 20.8 Å². The van der Waals surface area contributed by atoms with Crippen molar-refractivity contribution in [2.45, 2.75) is 47.0 Å². The first-order valence-electron chi connectivity index (χ1n) is 4.81. The zero-order valence-electron chi connectivity index (χ0n) is 8.68. The summed E-state index contributed by atoms with van der Waals surface area (Å²) in [4.78, 5) is 11.1. The van der Waals surface area contributed by atoms with Crippen molar-refractivity contribution in [3.63, 3.8) is 0 Å². The average molecular weight is 171 g/mol. The Morgan fingerprint density at radius 2 is 1.75 bits per heavy atom. The van der Waals surface area contributed by atoms with Crippen LogP contribution < -0.4 is 5.73 Å². The Bertz CT molecular complexity index is 150. The minimum absolute atomic E-state index is 0.0347. The van der Waals surface area contributed by atoms with Crippen LogP contribution in [0.5, 0.6) is 0 Å². The number of amides is 1. The van der Waals surface area contributed by atoms with E-state index in [4.69, 9.17) is 5.73 Å². The quantitative estimate of drug-likeness (QED) is 0.677. The van der Waals surface area contributed by atoms with Gasteiger partial charge >= 0.3 is 0 Å². The zero-order chi connectivity index (χ0) is 9.78. The zero-order valence-corrected chi connectivity index (χ0v) is 8.68. The molecule has 0 saturated carbocycles. The van der Waals surface area contributed by atoms with Crippen LogP contribution in [0.15, 0.2) is 0 Å². The summed E-state index contributed by atoms with van der Waals surface area (Å²) in [5.41, 5.74) is 5.44. The van der Waals surface area contributed by atoms with Crippen molar-refractivity contribution in [1.29, 1.82) is 0 Å². The molecule has 0 saturated heterocycles. The van der Waals surface area contributed by atoms with E-state index in [0.29, 0.717) is 0 Å². The summed E-state index contributed by atoms with van der Waals surface area (Å²) < 4.78 is 0. The van der Waals surface area contributed by atoms with Gasteiger partial charge in [-0.05, 0) is 24.7 Å². The van der Waals surface area contributed by atoms with Gasteiger partial charge in [0.05, 0.1) is 0 Å². The first-order valence-corrected chi connectivity index (χ1v) is 4.81. The molecular formula is C10H21NO. The largest absolute Gasteiger partial charge is 0.369 e. The SMILES string of the molecule is CCC(C(N)=O)C(C)(CC)CC. The van der Waals surface area contributed by atoms with Crippen molar-refractivity contribution in [1.82, 2.24) is 0 Å². The predicted octanol–water partition coefficient (Wildman–Crippen LogP) is 2.32. The van der Waals surface area contributed by atoms with Gasteiger partial charge in [-0.1, -0.05) is 27.7 Å². The minimum atomic E-state index is -0.149. The Labute approximate surface area is 75.5 Å². The van der Waals surface area contributed by atoms with Gasteiger partial charge in [-0.15, -0.1) is 0 Å². The number of hydrogen-bond donors (Lipinski definition) is 1. The number of nitrogens with two attached hydrogens (primary N) is 1. The average Bonchev–Trinajstić information content (AvgIpc) is 2.04. The highest BCUT2D eigenvalue weighted by atomic mass is 16.1. The number of carbonyl (C=O) groups is 1. The summed E-state index contributed by atoms with van der Waals surface area (Å²) in [5.74, 6) is -0.115. The third kappa shape index (κ3) is 2.23. The fourth-order valence-corrected chi connectivity index (χ4v) is 1.78. The van der Waals surface area contributed by atoms with Gasteiger partial charge in [-0.3, -0.25) is 4.79 Å². The number of hydrogen-bond acceptors (Lipinski definition) is 1. The molecule has 72 valence electrons. The summed E-state index contributed by atoms with van der Waals surface area (Å²) in [6.07, 6.45) is 2.89. The molecule has 0 bridgehead atoms. The summed E-state index contributed by atoms with van der Waals surface area (Å²) in [6, 6.07) is 0. The van der Waals surface area contributed by atoms with Crippen LogP contribution in [0.25, 0.3) is 0 Å². The monoisotopic (exact) mass is 171 g/mol. The molecule has 2 nitrogen and oxygen atoms in total. The third-order valence-corrected chi connectivity index (χ3v) is 3.21. The Hall–Kier alpha value is -0.530. The molecule has 12 heavy (non-hydrogen) atoms. The van der Waals surface area contributed by atoms with Crippen molar-refractivity contribution in [3.05, 3.63) is 0 Å². The molecule has 0 rings (SSSR count). The van der Waals surface area contributed by atoms with Gasteiger partial charge in [0.1, 0.15) is 0 Å². The molecule has 0 aromatic heterocycles. The number of carbonyl (C=O) groups excluding carboxylic acids is 1. The second-order valence-corrected chi connectivity index (χ2v) is 3.72. The van der Waals surface area contributed by atoms with Crippen molar-refractivity contribution < 1.29 is 4.79 Å². The van der Waals surface area contributed by atoms with Crippen molar-refractivity contribution in [2.75, 3.05) is 0 Å². The van der Waals surface area contributed by atoms with E-state index in [0.717, 1.165) is 19.3 Å².